The van der Waals surface area contributed by atoms with E-state index < -0.39 is 0 Å². The van der Waals surface area contributed by atoms with E-state index >= 15 is 0 Å². The molecule has 0 fully saturated rings. The molecule has 0 spiro atoms. The van der Waals surface area contributed by atoms with Gasteiger partial charge in [0.2, 0.25) is 5.88 Å². The fraction of sp³-hybridized carbons (Fsp3) is 0.500. The van der Waals surface area contributed by atoms with Gasteiger partial charge in [-0.2, -0.15) is 5.10 Å². The van der Waals surface area contributed by atoms with Crippen molar-refractivity contribution in [1.29, 1.82) is 0 Å². The molecule has 0 aromatic carbocycles. The van der Waals surface area contributed by atoms with Crippen molar-refractivity contribution in [3.8, 4) is 5.88 Å². The van der Waals surface area contributed by atoms with Crippen molar-refractivity contribution in [2.45, 2.75) is 6.42 Å². The highest BCUT2D eigenvalue weighted by Gasteiger charge is 2.15. The van der Waals surface area contributed by atoms with E-state index in [1.807, 2.05) is 0 Å². The zero-order valence-corrected chi connectivity index (χ0v) is 7.78. The number of hydrogen-bond donors (Lipinski definition) is 1. The predicted molar refractivity (Wildman–Crippen MR) is 47.8 cm³/mol. The second-order valence-corrected chi connectivity index (χ2v) is 2.65. The summed E-state index contributed by atoms with van der Waals surface area (Å²) in [6.07, 6.45) is 1.82. The first-order valence-electron chi connectivity index (χ1n) is 4.00. The minimum atomic E-state index is -0.0348. The minimum absolute atomic E-state index is 0.0348. The number of Topliss-reactive ketones (excluding diaryl/α,β-unsaturated/α-hetero) is 1. The van der Waals surface area contributed by atoms with Crippen molar-refractivity contribution in [3.05, 3.63) is 11.8 Å². The summed E-state index contributed by atoms with van der Waals surface area (Å²) in [7, 11) is 3.23. The van der Waals surface area contributed by atoms with Crippen molar-refractivity contribution < 1.29 is 9.53 Å². The zero-order chi connectivity index (χ0) is 9.84. The van der Waals surface area contributed by atoms with E-state index in [1.54, 1.807) is 7.05 Å². The standard InChI is InChI=1S/C8H13N3O2/c1-11-8(13-2)6(5-10-11)7(12)3-4-9/h5H,3-4,9H2,1-2H3. The third-order valence-corrected chi connectivity index (χ3v) is 1.75. The number of aryl methyl sites for hydroxylation is 1. The molecule has 1 heterocycles. The van der Waals surface area contributed by atoms with Crippen LogP contribution in [0.1, 0.15) is 16.8 Å². The van der Waals surface area contributed by atoms with Crippen LogP contribution < -0.4 is 10.5 Å². The molecule has 1 rings (SSSR count). The molecule has 0 aliphatic rings. The maximum atomic E-state index is 11.4. The monoisotopic (exact) mass is 183 g/mol. The van der Waals surface area contributed by atoms with Crippen LogP contribution in [0.4, 0.5) is 0 Å². The Bertz CT molecular complexity index is 306. The maximum Gasteiger partial charge on any atom is 0.222 e. The molecule has 5 heteroatoms. The Balaban J connectivity index is 2.93. The third kappa shape index (κ3) is 1.86. The first kappa shape index (κ1) is 9.73. The summed E-state index contributed by atoms with van der Waals surface area (Å²) >= 11 is 0. The van der Waals surface area contributed by atoms with E-state index in [-0.39, 0.29) is 5.78 Å². The van der Waals surface area contributed by atoms with Crippen LogP contribution in [0.25, 0.3) is 0 Å². The highest BCUT2D eigenvalue weighted by molar-refractivity contribution is 5.98. The first-order chi connectivity index (χ1) is 6.20. The summed E-state index contributed by atoms with van der Waals surface area (Å²) < 4.78 is 6.54. The number of rotatable bonds is 4. The molecule has 0 aliphatic carbocycles. The van der Waals surface area contributed by atoms with Crippen LogP contribution in [-0.2, 0) is 7.05 Å². The van der Waals surface area contributed by atoms with Crippen molar-refractivity contribution in [3.63, 3.8) is 0 Å². The van der Waals surface area contributed by atoms with E-state index in [2.05, 4.69) is 5.10 Å². The highest BCUT2D eigenvalue weighted by Crippen LogP contribution is 2.17. The zero-order valence-electron chi connectivity index (χ0n) is 7.78. The number of ether oxygens (including phenoxy) is 1. The molecule has 0 saturated heterocycles. The Labute approximate surface area is 76.5 Å². The van der Waals surface area contributed by atoms with Gasteiger partial charge in [-0.15, -0.1) is 0 Å². The fourth-order valence-electron chi connectivity index (χ4n) is 1.13. The molecule has 1 aromatic heterocycles. The van der Waals surface area contributed by atoms with Gasteiger partial charge in [0.25, 0.3) is 0 Å². The Kier molecular flexibility index (Phi) is 3.02. The van der Waals surface area contributed by atoms with Gasteiger partial charge in [0.15, 0.2) is 5.78 Å². The van der Waals surface area contributed by atoms with Crippen LogP contribution in [0.2, 0.25) is 0 Å². The molecule has 0 bridgehead atoms. The van der Waals surface area contributed by atoms with Gasteiger partial charge in [-0.3, -0.25) is 4.79 Å². The molecule has 72 valence electrons. The Morgan fingerprint density at radius 3 is 3.00 bits per heavy atom. The number of methoxy groups -OCH3 is 1. The van der Waals surface area contributed by atoms with Gasteiger partial charge < -0.3 is 10.5 Å². The molecule has 0 amide bonds. The van der Waals surface area contributed by atoms with Crippen LogP contribution >= 0.6 is 0 Å². The smallest absolute Gasteiger partial charge is 0.222 e. The SMILES string of the molecule is COc1c(C(=O)CCN)cnn1C. The number of carbonyl (C=O) groups excluding carboxylic acids is 1. The fourth-order valence-corrected chi connectivity index (χ4v) is 1.13. The normalized spacial score (nSPS) is 10.1. The molecule has 0 atom stereocenters. The Morgan fingerprint density at radius 2 is 2.46 bits per heavy atom. The summed E-state index contributed by atoms with van der Waals surface area (Å²) in [5.74, 6) is 0.450. The van der Waals surface area contributed by atoms with Gasteiger partial charge in [-0.25, -0.2) is 4.68 Å². The van der Waals surface area contributed by atoms with Crippen molar-refractivity contribution in [1.82, 2.24) is 9.78 Å². The number of nitrogens with zero attached hydrogens (tertiary/aromatic N) is 2. The van der Waals surface area contributed by atoms with E-state index in [9.17, 15) is 4.79 Å². The maximum absolute atomic E-state index is 11.4. The quantitative estimate of drug-likeness (QED) is 0.665. The van der Waals surface area contributed by atoms with Crippen LogP contribution in [0, 0.1) is 0 Å². The van der Waals surface area contributed by atoms with Crippen LogP contribution in [0.15, 0.2) is 6.20 Å². The van der Waals surface area contributed by atoms with Gasteiger partial charge >= 0.3 is 0 Å². The average Bonchev–Trinajstić information content (AvgIpc) is 2.47. The summed E-state index contributed by atoms with van der Waals surface area (Å²) in [5, 5.41) is 3.92. The Hall–Kier alpha value is -1.36. The van der Waals surface area contributed by atoms with E-state index in [4.69, 9.17) is 10.5 Å². The molecule has 2 N–H and O–H groups in total. The van der Waals surface area contributed by atoms with Gasteiger partial charge in [0, 0.05) is 13.5 Å². The lowest BCUT2D eigenvalue weighted by Crippen LogP contribution is -2.09. The lowest BCUT2D eigenvalue weighted by molar-refractivity contribution is 0.0982. The average molecular weight is 183 g/mol. The van der Waals surface area contributed by atoms with Crippen molar-refractivity contribution >= 4 is 5.78 Å². The summed E-state index contributed by atoms with van der Waals surface area (Å²) in [6, 6.07) is 0. The minimum Gasteiger partial charge on any atom is -0.481 e. The largest absolute Gasteiger partial charge is 0.481 e. The van der Waals surface area contributed by atoms with Crippen LogP contribution in [-0.4, -0.2) is 29.2 Å². The highest BCUT2D eigenvalue weighted by atomic mass is 16.5. The van der Waals surface area contributed by atoms with Crippen molar-refractivity contribution in [2.75, 3.05) is 13.7 Å². The van der Waals surface area contributed by atoms with Crippen LogP contribution in [0.3, 0.4) is 0 Å². The van der Waals surface area contributed by atoms with E-state index in [0.717, 1.165) is 0 Å². The topological polar surface area (TPSA) is 70.1 Å². The van der Waals surface area contributed by atoms with Gasteiger partial charge in [0.1, 0.15) is 0 Å². The van der Waals surface area contributed by atoms with E-state index in [0.29, 0.717) is 24.4 Å². The third-order valence-electron chi connectivity index (χ3n) is 1.75. The molecule has 13 heavy (non-hydrogen) atoms. The lowest BCUT2D eigenvalue weighted by Gasteiger charge is -2.02. The number of aromatic nitrogens is 2. The molecule has 0 saturated carbocycles. The summed E-state index contributed by atoms with van der Waals surface area (Å²) in [6.45, 7) is 0.344. The lowest BCUT2D eigenvalue weighted by atomic mass is 10.2. The Morgan fingerprint density at radius 1 is 1.77 bits per heavy atom. The number of carbonyl (C=O) groups is 1. The predicted octanol–water partition coefficient (Wildman–Crippen LogP) is -0.0398. The second kappa shape index (κ2) is 4.04. The molecule has 0 radical (unpaired) electrons. The molecule has 0 aliphatic heterocycles. The summed E-state index contributed by atoms with van der Waals surface area (Å²) in [5.41, 5.74) is 5.77. The molecular weight excluding hydrogens is 170 g/mol. The van der Waals surface area contributed by atoms with Gasteiger partial charge in [-0.1, -0.05) is 0 Å². The number of ketones is 1. The van der Waals surface area contributed by atoms with Crippen LogP contribution in [0.5, 0.6) is 5.88 Å². The molecule has 0 unspecified atom stereocenters. The second-order valence-electron chi connectivity index (χ2n) is 2.65. The molecular formula is C8H13N3O2. The number of hydrogen-bond acceptors (Lipinski definition) is 4. The van der Waals surface area contributed by atoms with Gasteiger partial charge in [-0.05, 0) is 6.54 Å². The van der Waals surface area contributed by atoms with Gasteiger partial charge in [0.05, 0.1) is 18.9 Å². The van der Waals surface area contributed by atoms with Crippen molar-refractivity contribution in [2.24, 2.45) is 12.8 Å². The molecule has 5 nitrogen and oxygen atoms in total. The molecule has 1 aromatic rings. The summed E-state index contributed by atoms with van der Waals surface area (Å²) in [4.78, 5) is 11.4. The van der Waals surface area contributed by atoms with E-state index in [1.165, 1.54) is 18.0 Å². The number of nitrogens with two attached hydrogens (primary N) is 1. The first-order valence-corrected chi connectivity index (χ1v) is 4.00.